The lowest BCUT2D eigenvalue weighted by Gasteiger charge is -2.16. The zero-order valence-electron chi connectivity index (χ0n) is 12.9. The minimum absolute atomic E-state index is 0.00326. The number of carbonyl (C=O) groups excluding carboxylic acids is 3. The van der Waals surface area contributed by atoms with Crippen molar-refractivity contribution in [2.24, 2.45) is 5.73 Å². The highest BCUT2D eigenvalue weighted by Crippen LogP contribution is 2.30. The smallest absolute Gasteiger partial charge is 0.321 e. The van der Waals surface area contributed by atoms with Crippen molar-refractivity contribution in [3.05, 3.63) is 24.3 Å². The quantitative estimate of drug-likeness (QED) is 0.633. The highest BCUT2D eigenvalue weighted by atomic mass is 32.2. The van der Waals surface area contributed by atoms with Crippen LogP contribution in [0.5, 0.6) is 0 Å². The van der Waals surface area contributed by atoms with E-state index in [1.807, 2.05) is 0 Å². The van der Waals surface area contributed by atoms with Gasteiger partial charge in [0.05, 0.1) is 10.9 Å². The van der Waals surface area contributed by atoms with Gasteiger partial charge in [0.2, 0.25) is 17.7 Å². The van der Waals surface area contributed by atoms with Gasteiger partial charge in [0.25, 0.3) is 0 Å². The van der Waals surface area contributed by atoms with Crippen LogP contribution in [0.25, 0.3) is 0 Å². The monoisotopic (exact) mass is 351 g/mol. The molecule has 1 aliphatic heterocycles. The summed E-state index contributed by atoms with van der Waals surface area (Å²) in [6, 6.07) is 5.24. The van der Waals surface area contributed by atoms with Crippen LogP contribution < -0.4 is 16.0 Å². The molecule has 0 saturated carbocycles. The van der Waals surface area contributed by atoms with Crippen LogP contribution in [0.4, 0.5) is 11.4 Å². The Morgan fingerprint density at radius 2 is 2.00 bits per heavy atom. The molecule has 2 atom stereocenters. The van der Waals surface area contributed by atoms with Gasteiger partial charge >= 0.3 is 5.97 Å². The number of amides is 3. The van der Waals surface area contributed by atoms with Crippen molar-refractivity contribution in [1.29, 1.82) is 0 Å². The number of imide groups is 1. The third-order valence-electron chi connectivity index (χ3n) is 3.35. The maximum atomic E-state index is 12.4. The Bertz CT molecular complexity index is 676. The van der Waals surface area contributed by atoms with Crippen LogP contribution in [0, 0.1) is 0 Å². The second kappa shape index (κ2) is 7.45. The number of hydrogen-bond donors (Lipinski definition) is 3. The molecule has 1 aromatic rings. The Balaban J connectivity index is 2.05. The van der Waals surface area contributed by atoms with E-state index in [-0.39, 0.29) is 24.0 Å². The standard InChI is InChI=1S/C15H17N3O5S/c1-8(19)17-9-2-4-10(5-3-9)18-13(20)6-12(14(18)21)24-7-11(16)15(22)23/h2-5,11-12H,6-7,16H2,1H3,(H,17,19)(H,22,23). The number of carboxylic acid groups (broad SMARTS) is 1. The van der Waals surface area contributed by atoms with Crippen molar-refractivity contribution in [2.75, 3.05) is 16.0 Å². The molecule has 0 spiro atoms. The number of benzene rings is 1. The molecule has 4 N–H and O–H groups in total. The van der Waals surface area contributed by atoms with Crippen molar-refractivity contribution in [3.63, 3.8) is 0 Å². The summed E-state index contributed by atoms with van der Waals surface area (Å²) in [5.74, 6) is -2.07. The van der Waals surface area contributed by atoms with Crippen molar-refractivity contribution in [1.82, 2.24) is 0 Å². The van der Waals surface area contributed by atoms with Gasteiger partial charge in [-0.05, 0) is 24.3 Å². The number of carbonyl (C=O) groups is 4. The molecule has 128 valence electrons. The van der Waals surface area contributed by atoms with Crippen molar-refractivity contribution < 1.29 is 24.3 Å². The van der Waals surface area contributed by atoms with E-state index in [4.69, 9.17) is 10.8 Å². The number of carboxylic acids is 1. The lowest BCUT2D eigenvalue weighted by Crippen LogP contribution is -2.35. The second-order valence-corrected chi connectivity index (χ2v) is 6.50. The summed E-state index contributed by atoms with van der Waals surface area (Å²) in [5.41, 5.74) is 6.38. The lowest BCUT2D eigenvalue weighted by atomic mass is 10.2. The summed E-state index contributed by atoms with van der Waals surface area (Å²) in [6.45, 7) is 1.38. The molecule has 9 heteroatoms. The van der Waals surface area contributed by atoms with Gasteiger partial charge in [0, 0.05) is 24.8 Å². The first-order valence-corrected chi connectivity index (χ1v) is 8.19. The van der Waals surface area contributed by atoms with Gasteiger partial charge in [-0.25, -0.2) is 4.90 Å². The normalized spacial score (nSPS) is 18.6. The van der Waals surface area contributed by atoms with Gasteiger partial charge in [-0.3, -0.25) is 19.2 Å². The first-order chi connectivity index (χ1) is 11.3. The lowest BCUT2D eigenvalue weighted by molar-refractivity contribution is -0.138. The third kappa shape index (κ3) is 4.12. The van der Waals surface area contributed by atoms with Gasteiger partial charge in [-0.2, -0.15) is 0 Å². The van der Waals surface area contributed by atoms with Crippen LogP contribution in [-0.2, 0) is 19.2 Å². The zero-order valence-corrected chi connectivity index (χ0v) is 13.7. The SMILES string of the molecule is CC(=O)Nc1ccc(N2C(=O)CC(SCC(N)C(=O)O)C2=O)cc1. The van der Waals surface area contributed by atoms with Crippen LogP contribution in [0.1, 0.15) is 13.3 Å². The average molecular weight is 351 g/mol. The maximum absolute atomic E-state index is 12.4. The molecule has 1 fully saturated rings. The Labute approximate surface area is 142 Å². The van der Waals surface area contributed by atoms with Crippen LogP contribution >= 0.6 is 11.8 Å². The Morgan fingerprint density at radius 3 is 2.54 bits per heavy atom. The van der Waals surface area contributed by atoms with E-state index in [1.165, 1.54) is 6.92 Å². The van der Waals surface area contributed by atoms with E-state index in [0.717, 1.165) is 16.7 Å². The number of rotatable bonds is 6. The fourth-order valence-corrected chi connectivity index (χ4v) is 3.28. The zero-order chi connectivity index (χ0) is 17.9. The molecule has 2 unspecified atom stereocenters. The molecule has 0 aromatic heterocycles. The van der Waals surface area contributed by atoms with Gasteiger partial charge < -0.3 is 16.2 Å². The number of aliphatic carboxylic acids is 1. The minimum atomic E-state index is -1.15. The van der Waals surface area contributed by atoms with E-state index < -0.39 is 23.2 Å². The van der Waals surface area contributed by atoms with Crippen molar-refractivity contribution >= 4 is 46.8 Å². The third-order valence-corrected chi connectivity index (χ3v) is 4.67. The number of hydrogen-bond acceptors (Lipinski definition) is 6. The number of nitrogens with zero attached hydrogens (tertiary/aromatic N) is 1. The summed E-state index contributed by atoms with van der Waals surface area (Å²) in [7, 11) is 0. The van der Waals surface area contributed by atoms with Crippen molar-refractivity contribution in [3.8, 4) is 0 Å². The molecule has 1 heterocycles. The van der Waals surface area contributed by atoms with Crippen LogP contribution in [0.15, 0.2) is 24.3 Å². The van der Waals surface area contributed by atoms with Crippen molar-refractivity contribution in [2.45, 2.75) is 24.6 Å². The Morgan fingerprint density at radius 1 is 1.38 bits per heavy atom. The summed E-state index contributed by atoms with van der Waals surface area (Å²) < 4.78 is 0. The molecule has 3 amide bonds. The van der Waals surface area contributed by atoms with Gasteiger partial charge in [-0.1, -0.05) is 0 Å². The molecule has 1 saturated heterocycles. The number of anilines is 2. The van der Waals surface area contributed by atoms with Crippen LogP contribution in [0.2, 0.25) is 0 Å². The van der Waals surface area contributed by atoms with E-state index >= 15 is 0 Å². The highest BCUT2D eigenvalue weighted by molar-refractivity contribution is 8.00. The second-order valence-electron chi connectivity index (χ2n) is 5.27. The number of thioether (sulfide) groups is 1. The fourth-order valence-electron chi connectivity index (χ4n) is 2.19. The average Bonchev–Trinajstić information content (AvgIpc) is 2.79. The fraction of sp³-hybridized carbons (Fsp3) is 0.333. The largest absolute Gasteiger partial charge is 0.480 e. The molecule has 8 nitrogen and oxygen atoms in total. The van der Waals surface area contributed by atoms with Gasteiger partial charge in [0.15, 0.2) is 0 Å². The highest BCUT2D eigenvalue weighted by Gasteiger charge is 2.40. The summed E-state index contributed by atoms with van der Waals surface area (Å²) in [6.07, 6.45) is 0.00326. The summed E-state index contributed by atoms with van der Waals surface area (Å²) >= 11 is 1.07. The molecule has 0 bridgehead atoms. The first kappa shape index (κ1) is 18.0. The summed E-state index contributed by atoms with van der Waals surface area (Å²) in [5, 5.41) is 10.7. The molecule has 0 radical (unpaired) electrons. The molecule has 1 aliphatic rings. The molecule has 0 aliphatic carbocycles. The summed E-state index contributed by atoms with van der Waals surface area (Å²) in [4.78, 5) is 47.3. The Hall–Kier alpha value is -2.39. The van der Waals surface area contributed by atoms with E-state index in [2.05, 4.69) is 5.32 Å². The Kier molecular flexibility index (Phi) is 5.58. The van der Waals surface area contributed by atoms with Gasteiger partial charge in [0.1, 0.15) is 6.04 Å². The van der Waals surface area contributed by atoms with E-state index in [1.54, 1.807) is 24.3 Å². The topological polar surface area (TPSA) is 130 Å². The predicted octanol–water partition coefficient (Wildman–Crippen LogP) is 0.422. The number of nitrogens with one attached hydrogen (secondary N) is 1. The van der Waals surface area contributed by atoms with Crippen LogP contribution in [0.3, 0.4) is 0 Å². The van der Waals surface area contributed by atoms with E-state index in [9.17, 15) is 19.2 Å². The molecule has 2 rings (SSSR count). The molecule has 24 heavy (non-hydrogen) atoms. The molecular formula is C15H17N3O5S. The maximum Gasteiger partial charge on any atom is 0.321 e. The van der Waals surface area contributed by atoms with Gasteiger partial charge in [-0.15, -0.1) is 11.8 Å². The first-order valence-electron chi connectivity index (χ1n) is 7.14. The van der Waals surface area contributed by atoms with E-state index in [0.29, 0.717) is 11.4 Å². The minimum Gasteiger partial charge on any atom is -0.480 e. The molecular weight excluding hydrogens is 334 g/mol. The van der Waals surface area contributed by atoms with Crippen LogP contribution in [-0.4, -0.2) is 45.8 Å². The number of nitrogens with two attached hydrogens (primary N) is 1. The molecule has 1 aromatic carbocycles. The predicted molar refractivity (Wildman–Crippen MR) is 89.7 cm³/mol.